The van der Waals surface area contributed by atoms with E-state index in [0.29, 0.717) is 17.0 Å². The normalized spacial score (nSPS) is 27.0. The molecule has 6 atom stereocenters. The van der Waals surface area contributed by atoms with Crippen LogP contribution in [0.5, 0.6) is 0 Å². The maximum Gasteiger partial charge on any atom is 0.613 e. The predicted molar refractivity (Wildman–Crippen MR) is 112 cm³/mol. The van der Waals surface area contributed by atoms with Crippen LogP contribution in [0.3, 0.4) is 0 Å². The Bertz CT molecular complexity index is 988. The molecular weight excluding hydrogens is 446 g/mol. The maximum atomic E-state index is 15.5. The summed E-state index contributed by atoms with van der Waals surface area (Å²) >= 11 is 0. The van der Waals surface area contributed by atoms with Crippen LogP contribution in [0.15, 0.2) is 12.7 Å². The molecule has 14 heteroatoms. The molecule has 12 nitrogen and oxygen atoms in total. The molecule has 0 aliphatic carbocycles. The van der Waals surface area contributed by atoms with Crippen molar-refractivity contribution in [3.8, 4) is 0 Å². The fraction of sp³-hybridized carbons (Fsp3) is 0.667. The minimum absolute atomic E-state index is 0.317. The molecule has 3 rings (SSSR count). The largest absolute Gasteiger partial charge is 0.613 e. The number of nitrogens with zero attached hydrogens (tertiary/aromatic N) is 4. The summed E-state index contributed by atoms with van der Waals surface area (Å²) in [5.41, 5.74) is -1.49. The molecule has 0 saturated carbocycles. The van der Waals surface area contributed by atoms with E-state index in [0.717, 1.165) is 0 Å². The molecule has 0 radical (unpaired) electrons. The number of aromatic nitrogens is 4. The van der Waals surface area contributed by atoms with Gasteiger partial charge in [-0.1, -0.05) is 5.09 Å². The molecule has 2 aromatic heterocycles. The molecule has 32 heavy (non-hydrogen) atoms. The van der Waals surface area contributed by atoms with Gasteiger partial charge >= 0.3 is 14.1 Å². The Morgan fingerprint density at radius 3 is 2.78 bits per heavy atom. The maximum absolute atomic E-state index is 15.5. The minimum atomic E-state index is -2.50. The lowest BCUT2D eigenvalue weighted by Gasteiger charge is -2.24. The van der Waals surface area contributed by atoms with Crippen molar-refractivity contribution in [1.82, 2.24) is 24.6 Å². The number of hydrogen-bond donors (Lipinski definition) is 3. The van der Waals surface area contributed by atoms with Gasteiger partial charge in [0.2, 0.25) is 0 Å². The van der Waals surface area contributed by atoms with Gasteiger partial charge in [0.05, 0.1) is 12.4 Å². The van der Waals surface area contributed by atoms with Gasteiger partial charge in [-0.3, -0.25) is 9.36 Å². The molecule has 3 N–H and O–H groups in total. The highest BCUT2D eigenvalue weighted by Crippen LogP contribution is 2.43. The number of anilines is 1. The van der Waals surface area contributed by atoms with E-state index in [1.165, 1.54) is 31.1 Å². The average Bonchev–Trinajstić information content (AvgIpc) is 3.25. The van der Waals surface area contributed by atoms with Gasteiger partial charge in [-0.2, -0.15) is 0 Å². The summed E-state index contributed by atoms with van der Waals surface area (Å²) in [4.78, 5) is 24.2. The van der Waals surface area contributed by atoms with E-state index >= 15 is 4.39 Å². The van der Waals surface area contributed by atoms with Gasteiger partial charge in [-0.05, 0) is 32.3 Å². The van der Waals surface area contributed by atoms with Gasteiger partial charge < -0.3 is 19.9 Å². The molecule has 1 saturated heterocycles. The zero-order chi connectivity index (χ0) is 23.6. The lowest BCUT2D eigenvalue weighted by Crippen LogP contribution is -2.40. The standard InChI is InChI=1S/C18H27FN6O6P/c1-9(2)30-16(27)10(3)24-32(28)29-6-11-13(26)18(4,19)17(31-11)25-8-23-12-14(20-5)21-7-22-15(12)25/h7-11,13,17,26H,6H2,1-5H3,(H,24,28)(H,20,21,22)/q+1/t10-,11+,13+,17+,18+/m0/s1. The van der Waals surface area contributed by atoms with E-state index in [2.05, 4.69) is 25.4 Å². The fourth-order valence-electron chi connectivity index (χ4n) is 3.28. The van der Waals surface area contributed by atoms with Crippen LogP contribution in [0.4, 0.5) is 10.2 Å². The summed E-state index contributed by atoms with van der Waals surface area (Å²) in [6.07, 6.45) is -1.64. The van der Waals surface area contributed by atoms with E-state index in [1.54, 1.807) is 20.9 Å². The monoisotopic (exact) mass is 473 g/mol. The summed E-state index contributed by atoms with van der Waals surface area (Å²) < 4.78 is 44.9. The van der Waals surface area contributed by atoms with Crippen molar-refractivity contribution in [2.75, 3.05) is 19.0 Å². The number of carbonyl (C=O) groups excluding carboxylic acids is 1. The first-order valence-electron chi connectivity index (χ1n) is 10.0. The van der Waals surface area contributed by atoms with Crippen LogP contribution in [0.1, 0.15) is 33.9 Å². The highest BCUT2D eigenvalue weighted by molar-refractivity contribution is 7.36. The lowest BCUT2D eigenvalue weighted by atomic mass is 9.98. The van der Waals surface area contributed by atoms with Gasteiger partial charge in [0.25, 0.3) is 0 Å². The van der Waals surface area contributed by atoms with Gasteiger partial charge in [-0.15, -0.1) is 4.52 Å². The van der Waals surface area contributed by atoms with Crippen molar-refractivity contribution in [2.24, 2.45) is 0 Å². The molecule has 176 valence electrons. The number of fused-ring (bicyclic) bond motifs is 1. The molecule has 1 aliphatic heterocycles. The summed E-state index contributed by atoms with van der Waals surface area (Å²) in [7, 11) is -0.832. The van der Waals surface area contributed by atoms with E-state index < -0.39 is 44.3 Å². The molecule has 1 unspecified atom stereocenters. The minimum Gasteiger partial charge on any atom is -0.462 e. The average molecular weight is 473 g/mol. The summed E-state index contributed by atoms with van der Waals surface area (Å²) in [5.74, 6) is -0.128. The van der Waals surface area contributed by atoms with Crippen LogP contribution in [0.25, 0.3) is 11.2 Å². The van der Waals surface area contributed by atoms with E-state index in [1.807, 2.05) is 0 Å². The molecule has 3 heterocycles. The smallest absolute Gasteiger partial charge is 0.462 e. The van der Waals surface area contributed by atoms with E-state index in [4.69, 9.17) is 14.0 Å². The first-order chi connectivity index (χ1) is 15.1. The Kier molecular flexibility index (Phi) is 7.36. The molecular formula is C18H27FN6O6P+. The number of imidazole rings is 1. The zero-order valence-corrected chi connectivity index (χ0v) is 19.2. The van der Waals surface area contributed by atoms with Gasteiger partial charge in [-0.25, -0.2) is 19.3 Å². The Labute approximate surface area is 184 Å². The fourth-order valence-corrected chi connectivity index (χ4v) is 4.06. The topological polar surface area (TPSA) is 150 Å². The number of nitrogens with one attached hydrogen (secondary N) is 2. The molecule has 0 amide bonds. The van der Waals surface area contributed by atoms with E-state index in [9.17, 15) is 14.5 Å². The molecule has 0 aromatic carbocycles. The van der Waals surface area contributed by atoms with Crippen molar-refractivity contribution < 1.29 is 32.9 Å². The number of aliphatic hydroxyl groups is 1. The quantitative estimate of drug-likeness (QED) is 0.359. The number of carbonyl (C=O) groups is 1. The second-order valence-electron chi connectivity index (χ2n) is 7.81. The zero-order valence-electron chi connectivity index (χ0n) is 18.4. The Hall–Kier alpha value is -2.31. The van der Waals surface area contributed by atoms with Crippen molar-refractivity contribution >= 4 is 31.1 Å². The highest BCUT2D eigenvalue weighted by atomic mass is 31.1. The Morgan fingerprint density at radius 2 is 2.12 bits per heavy atom. The van der Waals surface area contributed by atoms with Crippen molar-refractivity contribution in [2.45, 2.75) is 63.9 Å². The highest BCUT2D eigenvalue weighted by Gasteiger charge is 2.56. The van der Waals surface area contributed by atoms with E-state index in [-0.39, 0.29) is 12.7 Å². The molecule has 1 aliphatic rings. The SMILES string of the molecule is CNc1ncnc2c1ncn2[C@@H]1O[C@H](CO[P+](=O)N[C@@H](C)C(=O)OC(C)C)[C@@H](O)[C@@]1(C)F. The molecule has 1 fully saturated rings. The van der Waals surface area contributed by atoms with Gasteiger partial charge in [0.15, 0.2) is 23.4 Å². The Balaban J connectivity index is 1.67. The number of esters is 1. The van der Waals surface area contributed by atoms with Crippen molar-refractivity contribution in [3.63, 3.8) is 0 Å². The van der Waals surface area contributed by atoms with Gasteiger partial charge in [0, 0.05) is 7.05 Å². The predicted octanol–water partition coefficient (Wildman–Crippen LogP) is 1.46. The molecule has 0 bridgehead atoms. The number of ether oxygens (including phenoxy) is 2. The summed E-state index contributed by atoms with van der Waals surface area (Å²) in [6.45, 7) is 5.67. The second kappa shape index (κ2) is 9.67. The van der Waals surface area contributed by atoms with Crippen LogP contribution in [-0.2, 0) is 23.4 Å². The van der Waals surface area contributed by atoms with Crippen LogP contribution in [0.2, 0.25) is 0 Å². The van der Waals surface area contributed by atoms with Crippen LogP contribution in [-0.4, -0.2) is 74.3 Å². The number of aliphatic hydroxyl groups excluding tert-OH is 1. The molecule has 0 spiro atoms. The van der Waals surface area contributed by atoms with Crippen LogP contribution >= 0.6 is 8.18 Å². The third-order valence-electron chi connectivity index (χ3n) is 4.93. The number of alkyl halides is 1. The second-order valence-corrected chi connectivity index (χ2v) is 8.84. The van der Waals surface area contributed by atoms with Crippen molar-refractivity contribution in [3.05, 3.63) is 12.7 Å². The number of halogens is 1. The first-order valence-corrected chi connectivity index (χ1v) is 11.2. The van der Waals surface area contributed by atoms with Gasteiger partial charge in [0.1, 0.15) is 36.7 Å². The number of rotatable bonds is 9. The number of hydrogen-bond acceptors (Lipinski definition) is 10. The first kappa shape index (κ1) is 24.3. The van der Waals surface area contributed by atoms with Crippen LogP contribution < -0.4 is 10.4 Å². The summed E-state index contributed by atoms with van der Waals surface area (Å²) in [6, 6.07) is -0.881. The summed E-state index contributed by atoms with van der Waals surface area (Å²) in [5, 5.41) is 15.8. The third kappa shape index (κ3) is 4.86. The molecule has 2 aromatic rings. The van der Waals surface area contributed by atoms with Crippen LogP contribution in [0, 0.1) is 0 Å². The van der Waals surface area contributed by atoms with Crippen molar-refractivity contribution in [1.29, 1.82) is 0 Å². The lowest BCUT2D eigenvalue weighted by molar-refractivity contribution is -0.149. The third-order valence-corrected chi connectivity index (χ3v) is 5.91. The Morgan fingerprint density at radius 1 is 1.41 bits per heavy atom.